The Balaban J connectivity index is 1.37. The number of aromatic nitrogens is 2. The lowest BCUT2D eigenvalue weighted by Gasteiger charge is -2.38. The zero-order valence-corrected chi connectivity index (χ0v) is 25.7. The summed E-state index contributed by atoms with van der Waals surface area (Å²) in [5.74, 6) is 0. The lowest BCUT2D eigenvalue weighted by molar-refractivity contribution is 0.623. The van der Waals surface area contributed by atoms with Gasteiger partial charge < -0.3 is 9.05 Å². The van der Waals surface area contributed by atoms with Gasteiger partial charge in [0.15, 0.2) is 0 Å². The lowest BCUT2D eigenvalue weighted by Crippen LogP contribution is -2.56. The van der Waals surface area contributed by atoms with Gasteiger partial charge in [0.2, 0.25) is 0 Å². The molecule has 2 aliphatic carbocycles. The van der Waals surface area contributed by atoms with Crippen molar-refractivity contribution >= 4 is 39.6 Å². The van der Waals surface area contributed by atoms with E-state index in [1.165, 1.54) is 99.9 Å². The molecule has 0 atom stereocenters. The van der Waals surface area contributed by atoms with E-state index in [-0.39, 0.29) is 17.7 Å². The van der Waals surface area contributed by atoms with Gasteiger partial charge in [-0.15, -0.1) is 0 Å². The van der Waals surface area contributed by atoms with Crippen LogP contribution in [0.3, 0.4) is 0 Å². The third kappa shape index (κ3) is 2.32. The molecule has 208 valence electrons. The number of fused-ring (bicyclic) bond motifs is 14. The predicted octanol–water partition coefficient (Wildman–Crippen LogP) is 8.45. The first-order chi connectivity index (χ1) is 21.3. The second-order valence-electron chi connectivity index (χ2n) is 14.6. The smallest absolute Gasteiger partial charge is 0.332 e. The average Bonchev–Trinajstić information content (AvgIpc) is 3.70. The second kappa shape index (κ2) is 7.13. The van der Waals surface area contributed by atoms with Crippen LogP contribution in [0.1, 0.15) is 55.8 Å². The van der Waals surface area contributed by atoms with E-state index < -0.39 is 0 Å². The lowest BCUT2D eigenvalue weighted by atomic mass is 9.45. The highest BCUT2D eigenvalue weighted by molar-refractivity contribution is 6.89. The van der Waals surface area contributed by atoms with E-state index in [0.717, 1.165) is 0 Å². The van der Waals surface area contributed by atoms with Gasteiger partial charge in [0.05, 0.1) is 5.52 Å². The first-order valence-electron chi connectivity index (χ1n) is 16.0. The number of hydrogen-bond acceptors (Lipinski definition) is 0. The maximum atomic E-state index is 2.77. The van der Waals surface area contributed by atoms with Crippen molar-refractivity contribution in [1.82, 2.24) is 9.05 Å². The van der Waals surface area contributed by atoms with Crippen molar-refractivity contribution in [3.05, 3.63) is 125 Å². The Morgan fingerprint density at radius 1 is 0.568 bits per heavy atom. The van der Waals surface area contributed by atoms with Gasteiger partial charge in [-0.3, -0.25) is 0 Å². The first kappa shape index (κ1) is 23.7. The molecule has 0 saturated heterocycles. The molecule has 0 spiro atoms. The fourth-order valence-corrected chi connectivity index (χ4v) is 10.1. The van der Waals surface area contributed by atoms with Crippen LogP contribution in [0.4, 0.5) is 0 Å². The summed E-state index contributed by atoms with van der Waals surface area (Å²) < 4.78 is 5.45. The highest BCUT2D eigenvalue weighted by Gasteiger charge is 2.50. The van der Waals surface area contributed by atoms with Gasteiger partial charge in [0, 0.05) is 60.9 Å². The van der Waals surface area contributed by atoms with Gasteiger partial charge >= 0.3 is 6.85 Å². The third-order valence-electron chi connectivity index (χ3n) is 11.6. The van der Waals surface area contributed by atoms with Crippen molar-refractivity contribution in [2.24, 2.45) is 0 Å². The molecule has 44 heavy (non-hydrogen) atoms. The molecule has 5 aromatic carbocycles. The van der Waals surface area contributed by atoms with Crippen LogP contribution < -0.4 is 10.9 Å². The minimum atomic E-state index is -0.111. The Labute approximate surface area is 257 Å². The molecule has 0 fully saturated rings. The molecule has 0 unspecified atom stereocenters. The van der Waals surface area contributed by atoms with Gasteiger partial charge in [0.1, 0.15) is 0 Å². The molecule has 11 rings (SSSR count). The number of benzene rings is 5. The Morgan fingerprint density at radius 3 is 1.89 bits per heavy atom. The summed E-state index contributed by atoms with van der Waals surface area (Å²) in [7, 11) is 0. The number of para-hydroxylation sites is 2. The molecule has 7 aromatic rings. The van der Waals surface area contributed by atoms with Crippen molar-refractivity contribution in [1.29, 1.82) is 0 Å². The highest BCUT2D eigenvalue weighted by atomic mass is 15.1. The number of nitrogens with zero attached hydrogens (tertiary/aromatic N) is 2. The molecule has 2 nitrogen and oxygen atoms in total. The van der Waals surface area contributed by atoms with Crippen molar-refractivity contribution < 1.29 is 0 Å². The number of rotatable bonds is 0. The van der Waals surface area contributed by atoms with Crippen molar-refractivity contribution in [2.75, 3.05) is 0 Å². The van der Waals surface area contributed by atoms with Gasteiger partial charge in [-0.05, 0) is 57.3 Å². The molecule has 0 saturated carbocycles. The van der Waals surface area contributed by atoms with Gasteiger partial charge in [-0.25, -0.2) is 0 Å². The van der Waals surface area contributed by atoms with Crippen LogP contribution in [-0.2, 0) is 10.8 Å². The Kier molecular flexibility index (Phi) is 3.84. The zero-order chi connectivity index (χ0) is 29.4. The van der Waals surface area contributed by atoms with Crippen molar-refractivity contribution in [3.8, 4) is 39.1 Å². The Bertz CT molecular complexity index is 2520. The molecule has 2 aliphatic heterocycles. The summed E-state index contributed by atoms with van der Waals surface area (Å²) >= 11 is 0. The Hall–Kier alpha value is -4.76. The zero-order valence-electron chi connectivity index (χ0n) is 25.7. The molecule has 0 amide bonds. The monoisotopic (exact) mass is 562 g/mol. The normalized spacial score (nSPS) is 16.6. The molecular weight excluding hydrogens is 531 g/mol. The minimum Gasteiger partial charge on any atom is -0.378 e. The van der Waals surface area contributed by atoms with Gasteiger partial charge in [-0.1, -0.05) is 119 Å². The maximum Gasteiger partial charge on any atom is 0.332 e. The average molecular weight is 563 g/mol. The molecule has 0 N–H and O–H groups in total. The summed E-state index contributed by atoms with van der Waals surface area (Å²) in [6, 6.07) is 37.3. The third-order valence-corrected chi connectivity index (χ3v) is 11.6. The largest absolute Gasteiger partial charge is 0.378 e. The maximum absolute atomic E-state index is 2.77. The van der Waals surface area contributed by atoms with Crippen molar-refractivity contribution in [2.45, 2.75) is 45.4 Å². The molecule has 3 heteroatoms. The molecule has 4 aliphatic rings. The van der Waals surface area contributed by atoms with E-state index in [2.05, 4.69) is 141 Å². The molecule has 2 aromatic heterocycles. The summed E-state index contributed by atoms with van der Waals surface area (Å²) in [5, 5.41) is 2.76. The van der Waals surface area contributed by atoms with Crippen LogP contribution in [0.2, 0.25) is 0 Å². The van der Waals surface area contributed by atoms with E-state index in [4.69, 9.17) is 0 Å². The van der Waals surface area contributed by atoms with Gasteiger partial charge in [0.25, 0.3) is 0 Å². The van der Waals surface area contributed by atoms with Crippen molar-refractivity contribution in [3.63, 3.8) is 0 Å². The van der Waals surface area contributed by atoms with E-state index in [1.54, 1.807) is 0 Å². The summed E-state index contributed by atoms with van der Waals surface area (Å²) in [4.78, 5) is 0. The van der Waals surface area contributed by atoms with Crippen LogP contribution >= 0.6 is 0 Å². The van der Waals surface area contributed by atoms with Crippen LogP contribution in [0, 0.1) is 6.92 Å². The van der Waals surface area contributed by atoms with Crippen LogP contribution in [0.15, 0.2) is 97.1 Å². The standard InChI is InChI=1S/C41H31BN2/c1-22-20-28-23-14-10-15-26-34-25-13-7-9-18-30(25)41(4,5)39(34)44(36(23)26)42-31-19-11-16-27-33-24-12-6-8-17-29(24)40(2,3)38(33)43(37(27)31)32(21-22)35(28)42/h6-21H,1-5H3. The van der Waals surface area contributed by atoms with Crippen LogP contribution in [-0.4, -0.2) is 15.9 Å². The van der Waals surface area contributed by atoms with Crippen LogP contribution in [0.25, 0.3) is 60.9 Å². The molecular formula is C41H31BN2. The van der Waals surface area contributed by atoms with Crippen LogP contribution in [0.5, 0.6) is 0 Å². The highest BCUT2D eigenvalue weighted by Crippen LogP contribution is 2.57. The topological polar surface area (TPSA) is 9.86 Å². The number of aryl methyl sites for hydroxylation is 1. The fraction of sp³-hybridized carbons (Fsp3) is 0.171. The summed E-state index contributed by atoms with van der Waals surface area (Å²) in [5.41, 5.74) is 22.2. The Morgan fingerprint density at radius 2 is 1.16 bits per heavy atom. The molecule has 4 heterocycles. The second-order valence-corrected chi connectivity index (χ2v) is 14.6. The van der Waals surface area contributed by atoms with E-state index in [9.17, 15) is 0 Å². The SMILES string of the molecule is Cc1cc2c3c(c1)-n1c4c(c5cccc(c51)B3n1c3c(c5cccc-2c51)-c1ccccc1C3(C)C)-c1ccccc1C4(C)C. The predicted molar refractivity (Wildman–Crippen MR) is 184 cm³/mol. The molecule has 0 radical (unpaired) electrons. The first-order valence-corrected chi connectivity index (χ1v) is 16.0. The quantitative estimate of drug-likeness (QED) is 0.164. The summed E-state index contributed by atoms with van der Waals surface area (Å²) in [6.07, 6.45) is 0. The van der Waals surface area contributed by atoms with E-state index in [0.29, 0.717) is 0 Å². The molecule has 0 bridgehead atoms. The fourth-order valence-electron chi connectivity index (χ4n) is 10.1. The van der Waals surface area contributed by atoms with E-state index in [1.807, 2.05) is 0 Å². The summed E-state index contributed by atoms with van der Waals surface area (Å²) in [6.45, 7) is 12.1. The van der Waals surface area contributed by atoms with Gasteiger partial charge in [-0.2, -0.15) is 0 Å². The van der Waals surface area contributed by atoms with E-state index >= 15 is 0 Å². The minimum absolute atomic E-state index is 0.107. The number of hydrogen-bond donors (Lipinski definition) is 0.